The van der Waals surface area contributed by atoms with Gasteiger partial charge in [0.15, 0.2) is 0 Å². The van der Waals surface area contributed by atoms with E-state index in [1.54, 1.807) is 30.3 Å². The zero-order valence-electron chi connectivity index (χ0n) is 10.9. The summed E-state index contributed by atoms with van der Waals surface area (Å²) in [6, 6.07) is 6.28. The summed E-state index contributed by atoms with van der Waals surface area (Å²) in [4.78, 5) is 24.6. The molecule has 20 heavy (non-hydrogen) atoms. The number of carbonyl (C=O) groups excluding carboxylic acids is 2. The lowest BCUT2D eigenvalue weighted by Gasteiger charge is -2.19. The molecule has 5 N–H and O–H groups in total. The van der Waals surface area contributed by atoms with E-state index in [1.165, 1.54) is 11.0 Å². The first kappa shape index (κ1) is 14.1. The third-order valence-corrected chi connectivity index (χ3v) is 3.25. The van der Waals surface area contributed by atoms with Gasteiger partial charge in [-0.3, -0.25) is 9.59 Å². The van der Waals surface area contributed by atoms with E-state index in [0.29, 0.717) is 5.69 Å². The minimum absolute atomic E-state index is 0.124. The van der Waals surface area contributed by atoms with Crippen molar-refractivity contribution in [2.45, 2.75) is 18.6 Å². The van der Waals surface area contributed by atoms with Crippen molar-refractivity contribution in [1.82, 2.24) is 4.90 Å². The first-order valence-electron chi connectivity index (χ1n) is 6.29. The van der Waals surface area contributed by atoms with Crippen LogP contribution >= 0.6 is 0 Å². The molecule has 0 aliphatic carbocycles. The van der Waals surface area contributed by atoms with Crippen LogP contribution in [-0.4, -0.2) is 40.5 Å². The first-order chi connectivity index (χ1) is 9.47. The van der Waals surface area contributed by atoms with Crippen LogP contribution in [0.15, 0.2) is 30.3 Å². The normalized spacial score (nSPS) is 22.4. The second-order valence-corrected chi connectivity index (χ2v) is 4.80. The number of nitrogens with zero attached hydrogens (tertiary/aromatic N) is 1. The Hall–Kier alpha value is -2.34. The van der Waals surface area contributed by atoms with Gasteiger partial charge in [-0.1, -0.05) is 12.1 Å². The Morgan fingerprint density at radius 1 is 1.30 bits per heavy atom. The van der Waals surface area contributed by atoms with Gasteiger partial charge in [0.1, 0.15) is 6.04 Å². The lowest BCUT2D eigenvalue weighted by molar-refractivity contribution is -0.133. The summed E-state index contributed by atoms with van der Waals surface area (Å²) >= 11 is 0. The van der Waals surface area contributed by atoms with Crippen molar-refractivity contribution in [3.8, 4) is 0 Å². The van der Waals surface area contributed by atoms with E-state index in [-0.39, 0.29) is 18.9 Å². The standard InChI is InChI=1S/C14H17N3O3/c15-10-4-1-9(2-5-10)3-6-13(19)17-8-11(18)7-12(17)14(16)20/h1-6,11-12,18H,7-8,15H2,(H2,16,20)/b6-3+. The Kier molecular flexibility index (Phi) is 4.05. The molecular formula is C14H17N3O3. The minimum atomic E-state index is -0.742. The highest BCUT2D eigenvalue weighted by atomic mass is 16.3. The van der Waals surface area contributed by atoms with Crippen LogP contribution in [0.25, 0.3) is 6.08 Å². The summed E-state index contributed by atoms with van der Waals surface area (Å²) in [6.07, 6.45) is 2.47. The Morgan fingerprint density at radius 3 is 2.55 bits per heavy atom. The Bertz CT molecular complexity index is 539. The fraction of sp³-hybridized carbons (Fsp3) is 0.286. The van der Waals surface area contributed by atoms with E-state index < -0.39 is 18.1 Å². The van der Waals surface area contributed by atoms with Crippen molar-refractivity contribution < 1.29 is 14.7 Å². The Labute approximate surface area is 116 Å². The average molecular weight is 275 g/mol. The van der Waals surface area contributed by atoms with E-state index in [9.17, 15) is 14.7 Å². The van der Waals surface area contributed by atoms with Gasteiger partial charge >= 0.3 is 0 Å². The van der Waals surface area contributed by atoms with Crippen LogP contribution < -0.4 is 11.5 Å². The van der Waals surface area contributed by atoms with E-state index >= 15 is 0 Å². The number of aliphatic hydroxyl groups is 1. The lowest BCUT2D eigenvalue weighted by atomic mass is 10.2. The van der Waals surface area contributed by atoms with Gasteiger partial charge in [-0.15, -0.1) is 0 Å². The van der Waals surface area contributed by atoms with Gasteiger partial charge in [-0.25, -0.2) is 0 Å². The molecular weight excluding hydrogens is 258 g/mol. The maximum Gasteiger partial charge on any atom is 0.247 e. The molecule has 1 aliphatic rings. The number of carbonyl (C=O) groups is 2. The molecule has 0 radical (unpaired) electrons. The highest BCUT2D eigenvalue weighted by Gasteiger charge is 2.36. The zero-order valence-corrected chi connectivity index (χ0v) is 10.9. The van der Waals surface area contributed by atoms with Crippen molar-refractivity contribution in [3.63, 3.8) is 0 Å². The van der Waals surface area contributed by atoms with E-state index in [0.717, 1.165) is 5.56 Å². The Balaban J connectivity index is 2.07. The summed E-state index contributed by atoms with van der Waals surface area (Å²) in [5, 5.41) is 9.54. The molecule has 0 bridgehead atoms. The number of amides is 2. The monoisotopic (exact) mass is 275 g/mol. The predicted octanol–water partition coefficient (Wildman–Crippen LogP) is -0.271. The highest BCUT2D eigenvalue weighted by Crippen LogP contribution is 2.18. The Morgan fingerprint density at radius 2 is 1.95 bits per heavy atom. The number of β-amino-alcohol motifs (C(OH)–C–C–N with tert-alkyl or cyclic N) is 1. The van der Waals surface area contributed by atoms with Crippen molar-refractivity contribution in [2.75, 3.05) is 12.3 Å². The van der Waals surface area contributed by atoms with Gasteiger partial charge in [0, 0.05) is 24.7 Å². The fourth-order valence-electron chi connectivity index (χ4n) is 2.20. The van der Waals surface area contributed by atoms with Gasteiger partial charge in [-0.2, -0.15) is 0 Å². The second kappa shape index (κ2) is 5.75. The molecule has 1 fully saturated rings. The molecule has 2 unspecified atom stereocenters. The van der Waals surface area contributed by atoms with Crippen LogP contribution in [-0.2, 0) is 9.59 Å². The summed E-state index contributed by atoms with van der Waals surface area (Å²) in [7, 11) is 0. The third-order valence-electron chi connectivity index (χ3n) is 3.25. The van der Waals surface area contributed by atoms with Gasteiger partial charge in [0.05, 0.1) is 6.10 Å². The number of aliphatic hydroxyl groups excluding tert-OH is 1. The van der Waals surface area contributed by atoms with Gasteiger partial charge in [0.25, 0.3) is 0 Å². The van der Waals surface area contributed by atoms with E-state index in [1.807, 2.05) is 0 Å². The number of nitrogens with two attached hydrogens (primary N) is 2. The predicted molar refractivity (Wildman–Crippen MR) is 75.2 cm³/mol. The zero-order chi connectivity index (χ0) is 14.7. The molecule has 1 heterocycles. The fourth-order valence-corrected chi connectivity index (χ4v) is 2.20. The molecule has 1 aliphatic heterocycles. The van der Waals surface area contributed by atoms with Gasteiger partial charge in [-0.05, 0) is 23.8 Å². The molecule has 2 amide bonds. The topological polar surface area (TPSA) is 110 Å². The molecule has 2 atom stereocenters. The van der Waals surface area contributed by atoms with Crippen molar-refractivity contribution in [2.24, 2.45) is 5.73 Å². The lowest BCUT2D eigenvalue weighted by Crippen LogP contribution is -2.43. The number of primary amides is 1. The maximum atomic E-state index is 12.0. The number of nitrogen functional groups attached to an aromatic ring is 1. The number of benzene rings is 1. The minimum Gasteiger partial charge on any atom is -0.399 e. The SMILES string of the molecule is NC(=O)C1CC(O)CN1C(=O)/C=C/c1ccc(N)cc1. The van der Waals surface area contributed by atoms with Crippen LogP contribution in [0.4, 0.5) is 5.69 Å². The molecule has 1 aromatic carbocycles. The second-order valence-electron chi connectivity index (χ2n) is 4.80. The van der Waals surface area contributed by atoms with E-state index in [2.05, 4.69) is 0 Å². The molecule has 1 saturated heterocycles. The molecule has 6 heteroatoms. The molecule has 106 valence electrons. The smallest absolute Gasteiger partial charge is 0.247 e. The number of hydrogen-bond donors (Lipinski definition) is 3. The largest absolute Gasteiger partial charge is 0.399 e. The average Bonchev–Trinajstić information content (AvgIpc) is 2.80. The van der Waals surface area contributed by atoms with Crippen molar-refractivity contribution >= 4 is 23.6 Å². The highest BCUT2D eigenvalue weighted by molar-refractivity contribution is 5.95. The van der Waals surface area contributed by atoms with Crippen LogP contribution in [0.5, 0.6) is 0 Å². The quantitative estimate of drug-likeness (QED) is 0.521. The van der Waals surface area contributed by atoms with Crippen molar-refractivity contribution in [3.05, 3.63) is 35.9 Å². The molecule has 2 rings (SSSR count). The molecule has 6 nitrogen and oxygen atoms in total. The van der Waals surface area contributed by atoms with Crippen LogP contribution in [0.2, 0.25) is 0 Å². The molecule has 0 saturated carbocycles. The summed E-state index contributed by atoms with van der Waals surface area (Å²) in [5.41, 5.74) is 12.3. The molecule has 0 spiro atoms. The van der Waals surface area contributed by atoms with Gasteiger partial charge in [0.2, 0.25) is 11.8 Å². The van der Waals surface area contributed by atoms with Crippen LogP contribution in [0.1, 0.15) is 12.0 Å². The summed E-state index contributed by atoms with van der Waals surface area (Å²) in [5.74, 6) is -0.946. The summed E-state index contributed by atoms with van der Waals surface area (Å²) in [6.45, 7) is 0.124. The number of rotatable bonds is 3. The maximum absolute atomic E-state index is 12.0. The van der Waals surface area contributed by atoms with Gasteiger partial charge < -0.3 is 21.5 Å². The molecule has 0 aromatic heterocycles. The van der Waals surface area contributed by atoms with Crippen LogP contribution in [0.3, 0.4) is 0 Å². The number of anilines is 1. The van der Waals surface area contributed by atoms with Crippen LogP contribution in [0, 0.1) is 0 Å². The number of hydrogen-bond acceptors (Lipinski definition) is 4. The summed E-state index contributed by atoms with van der Waals surface area (Å²) < 4.78 is 0. The van der Waals surface area contributed by atoms with Crippen molar-refractivity contribution in [1.29, 1.82) is 0 Å². The molecule has 1 aromatic rings. The van der Waals surface area contributed by atoms with E-state index in [4.69, 9.17) is 11.5 Å². The number of likely N-dealkylation sites (tertiary alicyclic amines) is 1. The first-order valence-corrected chi connectivity index (χ1v) is 6.29. The third kappa shape index (κ3) is 3.16.